The van der Waals surface area contributed by atoms with E-state index in [9.17, 15) is 18.0 Å². The predicted molar refractivity (Wildman–Crippen MR) is 87.9 cm³/mol. The molecule has 0 radical (unpaired) electrons. The van der Waals surface area contributed by atoms with Crippen molar-refractivity contribution in [3.8, 4) is 0 Å². The number of carbonyl (C=O) groups excluding carboxylic acids is 1. The van der Waals surface area contributed by atoms with Crippen molar-refractivity contribution in [1.29, 1.82) is 0 Å². The number of amides is 1. The first-order chi connectivity index (χ1) is 11.0. The van der Waals surface area contributed by atoms with Gasteiger partial charge in [0.05, 0.1) is 11.5 Å². The van der Waals surface area contributed by atoms with Crippen molar-refractivity contribution < 1.29 is 18.0 Å². The molecule has 1 heterocycles. The molecule has 1 saturated carbocycles. The molecule has 1 aromatic carbocycles. The smallest absolute Gasteiger partial charge is 0.335 e. The molecule has 1 aromatic rings. The summed E-state index contributed by atoms with van der Waals surface area (Å²) in [7, 11) is 0. The number of nitrogens with zero attached hydrogens (tertiary/aromatic N) is 1. The van der Waals surface area contributed by atoms with Gasteiger partial charge in [-0.3, -0.25) is 4.79 Å². The first kappa shape index (κ1) is 19.1. The minimum atomic E-state index is -4.39. The first-order valence-electron chi connectivity index (χ1n) is 8.13. The summed E-state index contributed by atoms with van der Waals surface area (Å²) in [6, 6.07) is 5.66. The Morgan fingerprint density at radius 1 is 1.21 bits per heavy atom. The van der Waals surface area contributed by atoms with E-state index in [1.165, 1.54) is 12.1 Å². The number of alkyl halides is 3. The highest BCUT2D eigenvalue weighted by Gasteiger charge is 2.38. The number of hydrogen-bond acceptors (Lipinski definition) is 2. The molecule has 1 saturated heterocycles. The highest BCUT2D eigenvalue weighted by molar-refractivity contribution is 5.85. The molecule has 7 heteroatoms. The summed E-state index contributed by atoms with van der Waals surface area (Å²) in [4.78, 5) is 14.4. The van der Waals surface area contributed by atoms with E-state index in [1.807, 2.05) is 0 Å². The van der Waals surface area contributed by atoms with E-state index in [1.54, 1.807) is 11.0 Å². The fourth-order valence-corrected chi connectivity index (χ4v) is 3.19. The Bertz CT molecular complexity index is 569. The lowest BCUT2D eigenvalue weighted by molar-refractivity contribution is -0.141. The topological polar surface area (TPSA) is 32.3 Å². The van der Waals surface area contributed by atoms with Crippen LogP contribution in [-0.4, -0.2) is 29.9 Å². The summed E-state index contributed by atoms with van der Waals surface area (Å²) in [5.74, 6) is -0.112. The largest absolute Gasteiger partial charge is 0.416 e. The standard InChI is InChI=1S/C17H21F3N2O.ClH/c18-17(19,20)15-6-2-1-4-13(15)11-22(14-7-8-14)16(23)12-5-3-9-21-10-12;/h1-2,4,6,12,14,21H,3,5,7-11H2;1H. The van der Waals surface area contributed by atoms with E-state index < -0.39 is 11.7 Å². The van der Waals surface area contributed by atoms with Gasteiger partial charge in [0.15, 0.2) is 0 Å². The Morgan fingerprint density at radius 3 is 2.50 bits per heavy atom. The van der Waals surface area contributed by atoms with E-state index >= 15 is 0 Å². The molecule has 1 aliphatic heterocycles. The molecule has 0 bridgehead atoms. The van der Waals surface area contributed by atoms with Crippen molar-refractivity contribution in [2.45, 2.75) is 44.4 Å². The molecule has 2 aliphatic rings. The van der Waals surface area contributed by atoms with Crippen LogP contribution in [0.15, 0.2) is 24.3 Å². The van der Waals surface area contributed by atoms with Gasteiger partial charge in [-0.2, -0.15) is 13.2 Å². The number of nitrogens with one attached hydrogen (secondary N) is 1. The first-order valence-corrected chi connectivity index (χ1v) is 8.13. The molecule has 3 nitrogen and oxygen atoms in total. The van der Waals surface area contributed by atoms with Gasteiger partial charge in [-0.15, -0.1) is 12.4 Å². The highest BCUT2D eigenvalue weighted by Crippen LogP contribution is 2.35. The third kappa shape index (κ3) is 4.42. The van der Waals surface area contributed by atoms with Crippen LogP contribution in [0.5, 0.6) is 0 Å². The van der Waals surface area contributed by atoms with Gasteiger partial charge in [-0.25, -0.2) is 0 Å². The van der Waals surface area contributed by atoms with E-state index in [4.69, 9.17) is 0 Å². The van der Waals surface area contributed by atoms with E-state index in [2.05, 4.69) is 5.32 Å². The number of hydrogen-bond donors (Lipinski definition) is 1. The van der Waals surface area contributed by atoms with Crippen LogP contribution in [0.3, 0.4) is 0 Å². The van der Waals surface area contributed by atoms with Gasteiger partial charge in [0.2, 0.25) is 5.91 Å². The fourth-order valence-electron chi connectivity index (χ4n) is 3.19. The normalized spacial score (nSPS) is 21.0. The Balaban J connectivity index is 0.00000208. The van der Waals surface area contributed by atoms with Crippen LogP contribution in [-0.2, 0) is 17.5 Å². The van der Waals surface area contributed by atoms with Crippen LogP contribution in [0.1, 0.15) is 36.8 Å². The average molecular weight is 363 g/mol. The van der Waals surface area contributed by atoms with Gasteiger partial charge in [-0.1, -0.05) is 18.2 Å². The van der Waals surface area contributed by atoms with Gasteiger partial charge in [0, 0.05) is 19.1 Å². The third-order valence-corrected chi connectivity index (χ3v) is 4.58. The SMILES string of the molecule is Cl.O=C(C1CCCNC1)N(Cc1ccccc1C(F)(F)F)C1CC1. The van der Waals surface area contributed by atoms with Crippen molar-refractivity contribution in [3.05, 3.63) is 35.4 Å². The zero-order valence-corrected chi connectivity index (χ0v) is 14.1. The third-order valence-electron chi connectivity index (χ3n) is 4.58. The Hall–Kier alpha value is -1.27. The van der Waals surface area contributed by atoms with Gasteiger partial charge < -0.3 is 10.2 Å². The van der Waals surface area contributed by atoms with Crippen LogP contribution < -0.4 is 5.32 Å². The average Bonchev–Trinajstić information content (AvgIpc) is 3.37. The molecule has 1 amide bonds. The van der Waals surface area contributed by atoms with Gasteiger partial charge in [0.1, 0.15) is 0 Å². The van der Waals surface area contributed by atoms with Crippen LogP contribution in [0.25, 0.3) is 0 Å². The van der Waals surface area contributed by atoms with Crippen molar-refractivity contribution in [2.75, 3.05) is 13.1 Å². The van der Waals surface area contributed by atoms with Gasteiger partial charge in [0.25, 0.3) is 0 Å². The molecule has 24 heavy (non-hydrogen) atoms. The molecule has 1 atom stereocenters. The number of carbonyl (C=O) groups is 1. The minimum absolute atomic E-state index is 0. The summed E-state index contributed by atoms with van der Waals surface area (Å²) in [6.07, 6.45) is -0.856. The van der Waals surface area contributed by atoms with Crippen LogP contribution in [0.4, 0.5) is 13.2 Å². The molecular formula is C17H22ClF3N2O. The summed E-state index contributed by atoms with van der Waals surface area (Å²) in [5.41, 5.74) is -0.454. The van der Waals surface area contributed by atoms with E-state index in [0.29, 0.717) is 6.54 Å². The Labute approximate surface area is 146 Å². The molecule has 1 N–H and O–H groups in total. The predicted octanol–water partition coefficient (Wildman–Crippen LogP) is 3.62. The molecule has 1 unspecified atom stereocenters. The van der Waals surface area contributed by atoms with Gasteiger partial charge in [-0.05, 0) is 43.9 Å². The number of rotatable bonds is 4. The van der Waals surface area contributed by atoms with E-state index in [-0.39, 0.29) is 42.4 Å². The number of benzene rings is 1. The minimum Gasteiger partial charge on any atom is -0.335 e. The molecule has 2 fully saturated rings. The zero-order valence-electron chi connectivity index (χ0n) is 13.3. The lowest BCUT2D eigenvalue weighted by Crippen LogP contribution is -2.43. The molecule has 134 valence electrons. The van der Waals surface area contributed by atoms with Crippen molar-refractivity contribution in [2.24, 2.45) is 5.92 Å². The maximum Gasteiger partial charge on any atom is 0.416 e. The van der Waals surface area contributed by atoms with Gasteiger partial charge >= 0.3 is 6.18 Å². The Kier molecular flexibility index (Phi) is 6.15. The lowest BCUT2D eigenvalue weighted by atomic mass is 9.97. The van der Waals surface area contributed by atoms with Crippen LogP contribution in [0, 0.1) is 5.92 Å². The second kappa shape index (κ2) is 7.74. The quantitative estimate of drug-likeness (QED) is 0.887. The number of halogens is 4. The van der Waals surface area contributed by atoms with E-state index in [0.717, 1.165) is 38.3 Å². The Morgan fingerprint density at radius 2 is 1.92 bits per heavy atom. The molecule has 1 aliphatic carbocycles. The number of piperidine rings is 1. The molecule has 0 aromatic heterocycles. The second-order valence-corrected chi connectivity index (χ2v) is 6.40. The van der Waals surface area contributed by atoms with Crippen LogP contribution in [0.2, 0.25) is 0 Å². The fraction of sp³-hybridized carbons (Fsp3) is 0.588. The molecule has 0 spiro atoms. The molecule has 3 rings (SSSR count). The highest BCUT2D eigenvalue weighted by atomic mass is 35.5. The van der Waals surface area contributed by atoms with Crippen molar-refractivity contribution in [1.82, 2.24) is 10.2 Å². The maximum atomic E-state index is 13.2. The molecular weight excluding hydrogens is 341 g/mol. The zero-order chi connectivity index (χ0) is 16.4. The summed E-state index contributed by atoms with van der Waals surface area (Å²) >= 11 is 0. The lowest BCUT2D eigenvalue weighted by Gasteiger charge is -2.30. The second-order valence-electron chi connectivity index (χ2n) is 6.40. The maximum absolute atomic E-state index is 13.2. The van der Waals surface area contributed by atoms with Crippen molar-refractivity contribution >= 4 is 18.3 Å². The summed E-state index contributed by atoms with van der Waals surface area (Å²) in [6.45, 7) is 1.59. The summed E-state index contributed by atoms with van der Waals surface area (Å²) < 4.78 is 39.5. The van der Waals surface area contributed by atoms with Crippen LogP contribution >= 0.6 is 12.4 Å². The van der Waals surface area contributed by atoms with Crippen molar-refractivity contribution in [3.63, 3.8) is 0 Å². The summed E-state index contributed by atoms with van der Waals surface area (Å²) in [5, 5.41) is 3.20. The monoisotopic (exact) mass is 362 g/mol.